The minimum Gasteiger partial charge on any atom is -0.485 e. The van der Waals surface area contributed by atoms with Crippen LogP contribution in [0.4, 0.5) is 0 Å². The lowest BCUT2D eigenvalue weighted by Gasteiger charge is -2.16. The summed E-state index contributed by atoms with van der Waals surface area (Å²) in [5.41, 5.74) is 3.29. The molecule has 1 heterocycles. The molecule has 0 spiro atoms. The summed E-state index contributed by atoms with van der Waals surface area (Å²) in [5.74, 6) is 1.52. The fraction of sp³-hybridized carbons (Fsp3) is 0.261. The zero-order valence-corrected chi connectivity index (χ0v) is 16.0. The molecular weight excluding hydrogens is 338 g/mol. The van der Waals surface area contributed by atoms with Gasteiger partial charge in [0.05, 0.1) is 6.04 Å². The average molecular weight is 363 g/mol. The number of benzene rings is 2. The van der Waals surface area contributed by atoms with Crippen molar-refractivity contribution >= 4 is 5.91 Å². The monoisotopic (exact) mass is 363 g/mol. The Labute approximate surface area is 160 Å². The van der Waals surface area contributed by atoms with E-state index in [2.05, 4.69) is 11.4 Å². The van der Waals surface area contributed by atoms with Crippen LogP contribution in [0.25, 0.3) is 0 Å². The number of ether oxygens (including phenoxy) is 1. The maximum atomic E-state index is 12.5. The number of hydrogen-bond donors (Lipinski definition) is 1. The second-order valence-corrected chi connectivity index (χ2v) is 6.67. The van der Waals surface area contributed by atoms with Crippen LogP contribution < -0.4 is 10.1 Å². The zero-order valence-electron chi connectivity index (χ0n) is 16.0. The molecule has 4 nitrogen and oxygen atoms in total. The molecule has 0 radical (unpaired) electrons. The number of furan rings is 1. The summed E-state index contributed by atoms with van der Waals surface area (Å²) in [5, 5.41) is 3.03. The molecular formula is C23H25NO3. The molecule has 140 valence electrons. The van der Waals surface area contributed by atoms with Gasteiger partial charge in [0.15, 0.2) is 5.76 Å². The Bertz CT molecular complexity index is 899. The van der Waals surface area contributed by atoms with E-state index in [1.165, 1.54) is 0 Å². The lowest BCUT2D eigenvalue weighted by molar-refractivity contribution is 0.0903. The van der Waals surface area contributed by atoms with Crippen molar-refractivity contribution in [2.45, 2.75) is 39.8 Å². The van der Waals surface area contributed by atoms with Crippen LogP contribution in [0, 0.1) is 13.8 Å². The van der Waals surface area contributed by atoms with Crippen LogP contribution in [-0.2, 0) is 6.61 Å². The van der Waals surface area contributed by atoms with E-state index >= 15 is 0 Å². The van der Waals surface area contributed by atoms with E-state index in [0.29, 0.717) is 11.5 Å². The number of rotatable bonds is 7. The van der Waals surface area contributed by atoms with Gasteiger partial charge < -0.3 is 14.5 Å². The number of amides is 1. The molecule has 0 aliphatic rings. The van der Waals surface area contributed by atoms with Gasteiger partial charge in [-0.3, -0.25) is 4.79 Å². The Morgan fingerprint density at radius 3 is 2.59 bits per heavy atom. The second-order valence-electron chi connectivity index (χ2n) is 6.67. The fourth-order valence-corrected chi connectivity index (χ4v) is 2.93. The maximum absolute atomic E-state index is 12.5. The van der Waals surface area contributed by atoms with Crippen molar-refractivity contribution < 1.29 is 13.9 Å². The van der Waals surface area contributed by atoms with Gasteiger partial charge in [-0.1, -0.05) is 49.4 Å². The van der Waals surface area contributed by atoms with Crippen LogP contribution in [0.15, 0.2) is 65.1 Å². The quantitative estimate of drug-likeness (QED) is 0.615. The van der Waals surface area contributed by atoms with Gasteiger partial charge >= 0.3 is 0 Å². The summed E-state index contributed by atoms with van der Waals surface area (Å²) < 4.78 is 11.5. The van der Waals surface area contributed by atoms with Crippen LogP contribution in [0.5, 0.6) is 5.75 Å². The summed E-state index contributed by atoms with van der Waals surface area (Å²) in [6.45, 7) is 6.36. The first kappa shape index (κ1) is 18.8. The molecule has 1 atom stereocenters. The van der Waals surface area contributed by atoms with Gasteiger partial charge in [-0.2, -0.15) is 0 Å². The summed E-state index contributed by atoms with van der Waals surface area (Å²) in [6, 6.07) is 19.4. The largest absolute Gasteiger partial charge is 0.485 e. The molecule has 1 unspecified atom stereocenters. The van der Waals surface area contributed by atoms with Gasteiger partial charge in [0.2, 0.25) is 0 Å². The number of nitrogens with one attached hydrogen (secondary N) is 1. The summed E-state index contributed by atoms with van der Waals surface area (Å²) in [7, 11) is 0. The Balaban J connectivity index is 1.62. The lowest BCUT2D eigenvalue weighted by Crippen LogP contribution is -2.27. The molecule has 0 aliphatic heterocycles. The molecule has 1 amide bonds. The zero-order chi connectivity index (χ0) is 19.2. The van der Waals surface area contributed by atoms with Gasteiger partial charge in [-0.15, -0.1) is 0 Å². The molecule has 3 rings (SSSR count). The molecule has 1 N–H and O–H groups in total. The smallest absolute Gasteiger partial charge is 0.287 e. The first-order chi connectivity index (χ1) is 13.1. The third-order valence-electron chi connectivity index (χ3n) is 4.51. The number of hydrogen-bond acceptors (Lipinski definition) is 3. The van der Waals surface area contributed by atoms with Crippen molar-refractivity contribution in [1.29, 1.82) is 0 Å². The normalized spacial score (nSPS) is 11.8. The molecule has 0 saturated heterocycles. The van der Waals surface area contributed by atoms with E-state index in [1.54, 1.807) is 12.1 Å². The molecule has 3 aromatic rings. The predicted octanol–water partition coefficient (Wildman–Crippen LogP) is 5.36. The Hall–Kier alpha value is -3.01. The van der Waals surface area contributed by atoms with Crippen LogP contribution in [0.1, 0.15) is 52.4 Å². The van der Waals surface area contributed by atoms with Crippen LogP contribution in [-0.4, -0.2) is 5.91 Å². The van der Waals surface area contributed by atoms with Crippen molar-refractivity contribution in [2.75, 3.05) is 0 Å². The van der Waals surface area contributed by atoms with E-state index in [1.807, 2.05) is 63.2 Å². The molecule has 0 saturated carbocycles. The van der Waals surface area contributed by atoms with Crippen molar-refractivity contribution in [3.05, 3.63) is 88.9 Å². The number of carbonyl (C=O) groups excluding carboxylic acids is 1. The van der Waals surface area contributed by atoms with Gasteiger partial charge in [0.1, 0.15) is 18.1 Å². The molecule has 2 aromatic carbocycles. The molecule has 1 aromatic heterocycles. The molecule has 4 heteroatoms. The Morgan fingerprint density at radius 2 is 1.85 bits per heavy atom. The van der Waals surface area contributed by atoms with E-state index in [4.69, 9.17) is 9.15 Å². The average Bonchev–Trinajstić information content (AvgIpc) is 3.16. The standard InChI is InChI=1S/C23H25NO3/c1-4-20(18-8-6-5-7-9-18)24-23(25)21-13-12-19(27-21)15-26-22-14-16(2)10-11-17(22)3/h5-14,20H,4,15H2,1-3H3,(H,24,25). The van der Waals surface area contributed by atoms with Crippen molar-refractivity contribution in [2.24, 2.45) is 0 Å². The predicted molar refractivity (Wildman–Crippen MR) is 106 cm³/mol. The highest BCUT2D eigenvalue weighted by atomic mass is 16.5. The van der Waals surface area contributed by atoms with Gasteiger partial charge in [0.25, 0.3) is 5.91 Å². The highest BCUT2D eigenvalue weighted by Crippen LogP contribution is 2.21. The molecule has 27 heavy (non-hydrogen) atoms. The first-order valence-corrected chi connectivity index (χ1v) is 9.21. The number of aryl methyl sites for hydroxylation is 2. The third kappa shape index (κ3) is 4.79. The van der Waals surface area contributed by atoms with Gasteiger partial charge in [0, 0.05) is 0 Å². The molecule has 0 aliphatic carbocycles. The van der Waals surface area contributed by atoms with Gasteiger partial charge in [-0.05, 0) is 55.2 Å². The summed E-state index contributed by atoms with van der Waals surface area (Å²) in [4.78, 5) is 12.5. The minimum absolute atomic E-state index is 0.0431. The fourth-order valence-electron chi connectivity index (χ4n) is 2.93. The lowest BCUT2D eigenvalue weighted by atomic mass is 10.0. The van der Waals surface area contributed by atoms with Crippen molar-refractivity contribution in [3.63, 3.8) is 0 Å². The van der Waals surface area contributed by atoms with E-state index in [9.17, 15) is 4.79 Å². The maximum Gasteiger partial charge on any atom is 0.287 e. The summed E-state index contributed by atoms with van der Waals surface area (Å²) >= 11 is 0. The highest BCUT2D eigenvalue weighted by Gasteiger charge is 2.17. The van der Waals surface area contributed by atoms with Crippen LogP contribution >= 0.6 is 0 Å². The first-order valence-electron chi connectivity index (χ1n) is 9.21. The van der Waals surface area contributed by atoms with Crippen LogP contribution in [0.2, 0.25) is 0 Å². The van der Waals surface area contributed by atoms with Crippen LogP contribution in [0.3, 0.4) is 0 Å². The van der Waals surface area contributed by atoms with E-state index < -0.39 is 0 Å². The van der Waals surface area contributed by atoms with E-state index in [0.717, 1.165) is 28.9 Å². The SMILES string of the molecule is CCC(NC(=O)c1ccc(COc2cc(C)ccc2C)o1)c1ccccc1. The molecule has 0 fully saturated rings. The minimum atomic E-state index is -0.219. The number of carbonyl (C=O) groups is 1. The second kappa shape index (κ2) is 8.58. The van der Waals surface area contributed by atoms with Crippen molar-refractivity contribution in [1.82, 2.24) is 5.32 Å². The Morgan fingerprint density at radius 1 is 1.07 bits per heavy atom. The molecule has 0 bridgehead atoms. The van der Waals surface area contributed by atoms with Crippen molar-refractivity contribution in [3.8, 4) is 5.75 Å². The summed E-state index contributed by atoms with van der Waals surface area (Å²) in [6.07, 6.45) is 0.805. The van der Waals surface area contributed by atoms with Gasteiger partial charge in [-0.25, -0.2) is 0 Å². The Kier molecular flexibility index (Phi) is 5.97. The third-order valence-corrected chi connectivity index (χ3v) is 4.51. The topological polar surface area (TPSA) is 51.5 Å². The highest BCUT2D eigenvalue weighted by molar-refractivity contribution is 5.91. The van der Waals surface area contributed by atoms with E-state index in [-0.39, 0.29) is 18.6 Å².